The number of hydrogen-bond donors (Lipinski definition) is 0. The average Bonchev–Trinajstić information content (AvgIpc) is 4.03. The smallest absolute Gasteiger partial charge is 0.102 e. The molecule has 0 saturated heterocycles. The van der Waals surface area contributed by atoms with E-state index in [1.165, 1.54) is 20.2 Å². The monoisotopic (exact) mass is 834 g/mol. The second-order valence-electron chi connectivity index (χ2n) is 15.7. The summed E-state index contributed by atoms with van der Waals surface area (Å²) in [6.07, 6.45) is 0. The van der Waals surface area contributed by atoms with E-state index < -0.39 is 0 Å². The summed E-state index contributed by atoms with van der Waals surface area (Å²) < 4.78 is 7.03. The molecule has 12 aromatic rings. The number of benzene rings is 9. The molecule has 0 radical (unpaired) electrons. The van der Waals surface area contributed by atoms with Gasteiger partial charge in [0.15, 0.2) is 0 Å². The molecule has 3 heterocycles. The van der Waals surface area contributed by atoms with Crippen LogP contribution in [0.15, 0.2) is 182 Å². The Morgan fingerprint density at radius 1 is 0.349 bits per heavy atom. The molecule has 6 heteroatoms. The Hall–Kier alpha value is -8.31. The largest absolute Gasteiger partial charge is 0.304 e. The Morgan fingerprint density at radius 3 is 1.40 bits per heavy atom. The predicted octanol–water partition coefficient (Wildman–Crippen LogP) is 15.8. The second-order valence-corrected chi connectivity index (χ2v) is 17.8. The maximum absolute atomic E-state index is 11.9. The van der Waals surface area contributed by atoms with Crippen molar-refractivity contribution >= 4 is 84.8 Å². The number of fused-ring (bicyclic) bond motifs is 11. The highest BCUT2D eigenvalue weighted by atomic mass is 32.1. The van der Waals surface area contributed by atoms with E-state index in [4.69, 9.17) is 0 Å². The quantitative estimate of drug-likeness (QED) is 0.173. The molecule has 0 aliphatic rings. The molecule has 0 amide bonds. The molecule has 0 aliphatic carbocycles. The lowest BCUT2D eigenvalue weighted by Crippen LogP contribution is -2.08. The molecular formula is C57H30N4S2. The van der Waals surface area contributed by atoms with Crippen molar-refractivity contribution in [3.05, 3.63) is 199 Å². The van der Waals surface area contributed by atoms with E-state index in [2.05, 4.69) is 120 Å². The van der Waals surface area contributed by atoms with Gasteiger partial charge >= 0.3 is 0 Å². The molecule has 12 rings (SSSR count). The molecule has 290 valence electrons. The molecule has 3 aromatic heterocycles. The highest BCUT2D eigenvalue weighted by molar-refractivity contribution is 7.27. The van der Waals surface area contributed by atoms with Crippen LogP contribution in [0.25, 0.3) is 112 Å². The summed E-state index contributed by atoms with van der Waals surface area (Å²) in [5.41, 5.74) is 10.6. The summed E-state index contributed by atoms with van der Waals surface area (Å²) in [4.78, 5) is 0. The summed E-state index contributed by atoms with van der Waals surface area (Å²) in [6.45, 7) is 0. The first-order valence-corrected chi connectivity index (χ1v) is 22.2. The summed E-state index contributed by atoms with van der Waals surface area (Å²) >= 11 is 3.55. The summed E-state index contributed by atoms with van der Waals surface area (Å²) in [5, 5.41) is 40.2. The van der Waals surface area contributed by atoms with Gasteiger partial charge in [-0.2, -0.15) is 15.8 Å². The molecule has 0 atom stereocenters. The molecular weight excluding hydrogens is 805 g/mol. The first-order valence-electron chi connectivity index (χ1n) is 20.6. The van der Waals surface area contributed by atoms with E-state index in [0.717, 1.165) is 86.6 Å². The summed E-state index contributed by atoms with van der Waals surface area (Å²) in [7, 11) is 0. The first-order chi connectivity index (χ1) is 31.1. The van der Waals surface area contributed by atoms with Crippen LogP contribution < -0.4 is 0 Å². The molecule has 0 saturated carbocycles. The van der Waals surface area contributed by atoms with Crippen molar-refractivity contribution < 1.29 is 0 Å². The Bertz CT molecular complexity index is 3870. The lowest BCUT2D eigenvalue weighted by molar-refractivity contribution is 1.18. The van der Waals surface area contributed by atoms with Gasteiger partial charge in [-0.1, -0.05) is 152 Å². The number of hydrogen-bond acceptors (Lipinski definition) is 5. The third-order valence-electron chi connectivity index (χ3n) is 12.3. The molecule has 0 spiro atoms. The van der Waals surface area contributed by atoms with Gasteiger partial charge in [0.2, 0.25) is 0 Å². The van der Waals surface area contributed by atoms with Crippen LogP contribution in [0.5, 0.6) is 0 Å². The highest BCUT2D eigenvalue weighted by Crippen LogP contribution is 2.52. The fourth-order valence-electron chi connectivity index (χ4n) is 9.64. The van der Waals surface area contributed by atoms with Gasteiger partial charge in [-0.15, -0.1) is 22.7 Å². The van der Waals surface area contributed by atoms with Gasteiger partial charge in [0, 0.05) is 58.4 Å². The van der Waals surface area contributed by atoms with Crippen molar-refractivity contribution in [1.82, 2.24) is 4.57 Å². The number of rotatable bonds is 5. The Labute approximate surface area is 370 Å². The minimum atomic E-state index is 0.420. The van der Waals surface area contributed by atoms with Gasteiger partial charge in [0.05, 0.1) is 48.9 Å². The SMILES string of the molecule is N#Cc1cccc(-c2cccc(-c3c(C#N)c(-c4ccccc4)c(C#N)c(-n4c5c(ccc6c7ccccc7sc65)c5ccc6c7ccccc7sc6c54)c3-c3ccccc3)c2)c1. The normalized spacial score (nSPS) is 11.4. The topological polar surface area (TPSA) is 76.3 Å². The summed E-state index contributed by atoms with van der Waals surface area (Å²) in [6, 6.07) is 69.8. The average molecular weight is 835 g/mol. The lowest BCUT2D eigenvalue weighted by atomic mass is 9.81. The lowest BCUT2D eigenvalue weighted by Gasteiger charge is -2.25. The number of thiophene rings is 2. The molecule has 0 N–H and O–H groups in total. The third-order valence-corrected chi connectivity index (χ3v) is 14.7. The minimum Gasteiger partial charge on any atom is -0.304 e. The maximum Gasteiger partial charge on any atom is 0.102 e. The van der Waals surface area contributed by atoms with Crippen LogP contribution in [0.2, 0.25) is 0 Å². The third kappa shape index (κ3) is 5.49. The molecule has 0 unspecified atom stereocenters. The van der Waals surface area contributed by atoms with Crippen LogP contribution in [0.1, 0.15) is 16.7 Å². The van der Waals surface area contributed by atoms with E-state index in [0.29, 0.717) is 22.3 Å². The van der Waals surface area contributed by atoms with E-state index in [1.54, 1.807) is 28.7 Å². The minimum absolute atomic E-state index is 0.420. The van der Waals surface area contributed by atoms with Gasteiger partial charge in [-0.05, 0) is 58.1 Å². The predicted molar refractivity (Wildman–Crippen MR) is 262 cm³/mol. The molecule has 0 aliphatic heterocycles. The molecule has 0 fully saturated rings. The van der Waals surface area contributed by atoms with Gasteiger partial charge in [0.1, 0.15) is 12.1 Å². The molecule has 63 heavy (non-hydrogen) atoms. The first kappa shape index (κ1) is 36.5. The Kier molecular flexibility index (Phi) is 8.36. The second kappa shape index (κ2) is 14.4. The van der Waals surface area contributed by atoms with Crippen molar-refractivity contribution in [3.8, 4) is 68.4 Å². The zero-order valence-corrected chi connectivity index (χ0v) is 35.1. The van der Waals surface area contributed by atoms with E-state index in [1.807, 2.05) is 78.9 Å². The zero-order chi connectivity index (χ0) is 42.2. The van der Waals surface area contributed by atoms with E-state index in [-0.39, 0.29) is 0 Å². The molecule has 9 aromatic carbocycles. The Morgan fingerprint density at radius 2 is 0.825 bits per heavy atom. The fourth-order valence-corrected chi connectivity index (χ4v) is 12.1. The number of nitriles is 3. The van der Waals surface area contributed by atoms with Crippen LogP contribution >= 0.6 is 22.7 Å². The molecule has 4 nitrogen and oxygen atoms in total. The highest BCUT2D eigenvalue weighted by Gasteiger charge is 2.31. The zero-order valence-electron chi connectivity index (χ0n) is 33.4. The van der Waals surface area contributed by atoms with Crippen LogP contribution in [0.4, 0.5) is 0 Å². The van der Waals surface area contributed by atoms with E-state index >= 15 is 0 Å². The maximum atomic E-state index is 11.9. The summed E-state index contributed by atoms with van der Waals surface area (Å²) in [5.74, 6) is 0. The number of aromatic nitrogens is 1. The van der Waals surface area contributed by atoms with Crippen molar-refractivity contribution in [2.75, 3.05) is 0 Å². The van der Waals surface area contributed by atoms with Crippen molar-refractivity contribution in [3.63, 3.8) is 0 Å². The van der Waals surface area contributed by atoms with E-state index in [9.17, 15) is 15.8 Å². The van der Waals surface area contributed by atoms with Crippen LogP contribution in [0, 0.1) is 34.0 Å². The van der Waals surface area contributed by atoms with Crippen LogP contribution in [0.3, 0.4) is 0 Å². The van der Waals surface area contributed by atoms with Gasteiger partial charge < -0.3 is 4.57 Å². The number of nitrogens with zero attached hydrogens (tertiary/aromatic N) is 4. The van der Waals surface area contributed by atoms with Crippen molar-refractivity contribution in [2.24, 2.45) is 0 Å². The van der Waals surface area contributed by atoms with Gasteiger partial charge in [-0.3, -0.25) is 0 Å². The van der Waals surface area contributed by atoms with Crippen molar-refractivity contribution in [1.29, 1.82) is 15.8 Å². The van der Waals surface area contributed by atoms with Gasteiger partial charge in [0.25, 0.3) is 0 Å². The van der Waals surface area contributed by atoms with Gasteiger partial charge in [-0.25, -0.2) is 0 Å². The Balaban J connectivity index is 1.36. The van der Waals surface area contributed by atoms with Crippen molar-refractivity contribution in [2.45, 2.75) is 0 Å². The standard InChI is InChI=1S/C57H30N4S2/c58-31-34-13-11-18-37(29-34)38-19-12-20-39(30-38)51-46(32-59)50(35-14-3-1-4-15-35)47(33-60)53(52(51)36-16-5-2-6-17-36)61-54-42(25-27-44-40-21-7-9-23-48(40)62-56(44)54)43-26-28-45-41-22-8-10-24-49(41)63-57(45)55(43)61/h1-30H. The fraction of sp³-hybridized carbons (Fsp3) is 0. The van der Waals surface area contributed by atoms with Crippen LogP contribution in [-0.2, 0) is 0 Å². The van der Waals surface area contributed by atoms with Crippen LogP contribution in [-0.4, -0.2) is 4.57 Å². The molecule has 0 bridgehead atoms.